The molecule has 30 heavy (non-hydrogen) atoms. The molecule has 150 valence electrons. The number of hydrogen-bond donors (Lipinski definition) is 1. The Kier molecular flexibility index (Phi) is 6.15. The van der Waals surface area contributed by atoms with Crippen LogP contribution in [0.2, 0.25) is 0 Å². The van der Waals surface area contributed by atoms with Crippen LogP contribution < -0.4 is 10.1 Å². The second kappa shape index (κ2) is 9.33. The van der Waals surface area contributed by atoms with Gasteiger partial charge in [0.05, 0.1) is 5.69 Å². The van der Waals surface area contributed by atoms with E-state index in [9.17, 15) is 4.79 Å². The highest BCUT2D eigenvalue weighted by Gasteiger charge is 2.13. The van der Waals surface area contributed by atoms with Crippen LogP contribution in [-0.4, -0.2) is 15.7 Å². The number of carbonyl (C=O) groups is 1. The maximum atomic E-state index is 12.7. The molecule has 0 aliphatic heterocycles. The summed E-state index contributed by atoms with van der Waals surface area (Å²) in [6, 6.07) is 27.3. The monoisotopic (exact) mass is 415 g/mol. The number of ether oxygens (including phenoxy) is 1. The Labute approximate surface area is 179 Å². The number of anilines is 1. The lowest BCUT2D eigenvalue weighted by atomic mass is 10.2. The smallest absolute Gasteiger partial charge is 0.276 e. The molecule has 0 fully saturated rings. The standard InChI is InChI=1S/C24H21N3O2S/c1-18-9-5-7-13-22(18)29-17-27-16-15-21(26-27)24(28)25-20-12-6-8-14-23(20)30-19-10-3-2-4-11-19/h2-16H,17H2,1H3,(H,25,28). The molecule has 3 aromatic carbocycles. The first kappa shape index (κ1) is 19.8. The van der Waals surface area contributed by atoms with Crippen LogP contribution in [0.5, 0.6) is 5.75 Å². The van der Waals surface area contributed by atoms with Gasteiger partial charge in [0.15, 0.2) is 12.4 Å². The fourth-order valence-corrected chi connectivity index (χ4v) is 3.79. The van der Waals surface area contributed by atoms with Gasteiger partial charge in [-0.25, -0.2) is 4.68 Å². The first-order chi connectivity index (χ1) is 14.7. The van der Waals surface area contributed by atoms with Crippen molar-refractivity contribution in [1.82, 2.24) is 9.78 Å². The Morgan fingerprint density at radius 2 is 1.70 bits per heavy atom. The van der Waals surface area contributed by atoms with Gasteiger partial charge in [-0.1, -0.05) is 60.3 Å². The summed E-state index contributed by atoms with van der Waals surface area (Å²) >= 11 is 1.60. The van der Waals surface area contributed by atoms with E-state index >= 15 is 0 Å². The summed E-state index contributed by atoms with van der Waals surface area (Å²) in [5.74, 6) is 0.539. The molecular weight excluding hydrogens is 394 g/mol. The van der Waals surface area contributed by atoms with E-state index in [0.717, 1.165) is 26.8 Å². The minimum Gasteiger partial charge on any atom is -0.471 e. The van der Waals surface area contributed by atoms with Gasteiger partial charge >= 0.3 is 0 Å². The van der Waals surface area contributed by atoms with Crippen molar-refractivity contribution in [3.63, 3.8) is 0 Å². The van der Waals surface area contributed by atoms with Gasteiger partial charge in [0, 0.05) is 16.0 Å². The molecule has 1 heterocycles. The van der Waals surface area contributed by atoms with Gasteiger partial charge in [-0.2, -0.15) is 5.10 Å². The van der Waals surface area contributed by atoms with Gasteiger partial charge in [-0.3, -0.25) is 4.79 Å². The zero-order valence-corrected chi connectivity index (χ0v) is 17.3. The SMILES string of the molecule is Cc1ccccc1OCn1ccc(C(=O)Nc2ccccc2Sc2ccccc2)n1. The number of nitrogens with zero attached hydrogens (tertiary/aromatic N) is 2. The Balaban J connectivity index is 1.42. The molecule has 4 aromatic rings. The third-order valence-corrected chi connectivity index (χ3v) is 5.51. The fraction of sp³-hybridized carbons (Fsp3) is 0.0833. The van der Waals surface area contributed by atoms with Gasteiger partial charge in [0.1, 0.15) is 5.75 Å². The molecule has 0 saturated carbocycles. The van der Waals surface area contributed by atoms with E-state index < -0.39 is 0 Å². The van der Waals surface area contributed by atoms with E-state index in [2.05, 4.69) is 10.4 Å². The first-order valence-electron chi connectivity index (χ1n) is 9.54. The van der Waals surface area contributed by atoms with Gasteiger partial charge in [0.25, 0.3) is 5.91 Å². The fourth-order valence-electron chi connectivity index (χ4n) is 2.87. The van der Waals surface area contributed by atoms with Crippen LogP contribution in [0.4, 0.5) is 5.69 Å². The van der Waals surface area contributed by atoms with Crippen molar-refractivity contribution < 1.29 is 9.53 Å². The molecule has 0 atom stereocenters. The van der Waals surface area contributed by atoms with Crippen molar-refractivity contribution in [1.29, 1.82) is 0 Å². The molecule has 1 aromatic heterocycles. The quantitative estimate of drug-likeness (QED) is 0.425. The van der Waals surface area contributed by atoms with Crippen molar-refractivity contribution in [2.24, 2.45) is 0 Å². The average Bonchev–Trinajstić information content (AvgIpc) is 3.25. The molecule has 1 amide bonds. The van der Waals surface area contributed by atoms with Gasteiger partial charge in [0.2, 0.25) is 0 Å². The van der Waals surface area contributed by atoms with Crippen molar-refractivity contribution >= 4 is 23.4 Å². The van der Waals surface area contributed by atoms with Gasteiger partial charge in [-0.05, 0) is 48.9 Å². The molecule has 0 bridgehead atoms. The normalized spacial score (nSPS) is 10.6. The number of hydrogen-bond acceptors (Lipinski definition) is 4. The van der Waals surface area contributed by atoms with Crippen LogP contribution in [0.3, 0.4) is 0 Å². The van der Waals surface area contributed by atoms with Crippen LogP contribution in [-0.2, 0) is 6.73 Å². The van der Waals surface area contributed by atoms with Crippen molar-refractivity contribution in [2.75, 3.05) is 5.32 Å². The number of aromatic nitrogens is 2. The maximum absolute atomic E-state index is 12.7. The van der Waals surface area contributed by atoms with E-state index in [0.29, 0.717) is 5.69 Å². The lowest BCUT2D eigenvalue weighted by Gasteiger charge is -2.10. The second-order valence-corrected chi connectivity index (χ2v) is 7.76. The summed E-state index contributed by atoms with van der Waals surface area (Å²) in [5, 5.41) is 7.30. The van der Waals surface area contributed by atoms with Crippen LogP contribution in [0.1, 0.15) is 16.1 Å². The first-order valence-corrected chi connectivity index (χ1v) is 10.4. The molecule has 1 N–H and O–H groups in total. The summed E-state index contributed by atoms with van der Waals surface area (Å²) in [7, 11) is 0. The highest BCUT2D eigenvalue weighted by molar-refractivity contribution is 7.99. The Morgan fingerprint density at radius 3 is 2.53 bits per heavy atom. The molecule has 6 heteroatoms. The average molecular weight is 416 g/mol. The molecule has 0 saturated heterocycles. The molecular formula is C24H21N3O2S. The zero-order chi connectivity index (χ0) is 20.8. The predicted octanol–water partition coefficient (Wildman–Crippen LogP) is 5.63. The Bertz CT molecular complexity index is 1140. The minimum atomic E-state index is -0.259. The van der Waals surface area contributed by atoms with Crippen LogP contribution >= 0.6 is 11.8 Å². The van der Waals surface area contributed by atoms with Crippen LogP contribution in [0.25, 0.3) is 0 Å². The Hall–Kier alpha value is -3.51. The van der Waals surface area contributed by atoms with E-state index in [4.69, 9.17) is 4.74 Å². The highest BCUT2D eigenvalue weighted by Crippen LogP contribution is 2.33. The highest BCUT2D eigenvalue weighted by atomic mass is 32.2. The van der Waals surface area contributed by atoms with Crippen LogP contribution in [0.15, 0.2) is 101 Å². The lowest BCUT2D eigenvalue weighted by molar-refractivity contribution is 0.102. The Morgan fingerprint density at radius 1 is 0.967 bits per heavy atom. The largest absolute Gasteiger partial charge is 0.471 e. The van der Waals surface area contributed by atoms with E-state index in [1.54, 1.807) is 28.7 Å². The number of nitrogens with one attached hydrogen (secondary N) is 1. The lowest BCUT2D eigenvalue weighted by Crippen LogP contribution is -2.14. The van der Waals surface area contributed by atoms with Crippen LogP contribution in [0, 0.1) is 6.92 Å². The number of benzene rings is 3. The van der Waals surface area contributed by atoms with E-state index in [1.807, 2.05) is 85.8 Å². The van der Waals surface area contributed by atoms with Crippen molar-refractivity contribution in [2.45, 2.75) is 23.4 Å². The van der Waals surface area contributed by atoms with Gasteiger partial charge in [-0.15, -0.1) is 0 Å². The third kappa shape index (κ3) is 4.90. The summed E-state index contributed by atoms with van der Waals surface area (Å²) in [5.41, 5.74) is 2.14. The molecule has 5 nitrogen and oxygen atoms in total. The number of amides is 1. The van der Waals surface area contributed by atoms with Gasteiger partial charge < -0.3 is 10.1 Å². The summed E-state index contributed by atoms with van der Waals surface area (Å²) in [6.45, 7) is 2.22. The number of carbonyl (C=O) groups excluding carboxylic acids is 1. The molecule has 0 aliphatic rings. The van der Waals surface area contributed by atoms with E-state index in [1.165, 1.54) is 0 Å². The molecule has 0 radical (unpaired) electrons. The molecule has 4 rings (SSSR count). The van der Waals surface area contributed by atoms with Crippen molar-refractivity contribution in [3.8, 4) is 5.75 Å². The molecule has 0 spiro atoms. The van der Waals surface area contributed by atoms with Crippen molar-refractivity contribution in [3.05, 3.63) is 102 Å². The number of rotatable bonds is 7. The summed E-state index contributed by atoms with van der Waals surface area (Å²) in [4.78, 5) is 14.8. The molecule has 0 aliphatic carbocycles. The minimum absolute atomic E-state index is 0.235. The van der Waals surface area contributed by atoms with E-state index in [-0.39, 0.29) is 12.6 Å². The zero-order valence-electron chi connectivity index (χ0n) is 16.5. The summed E-state index contributed by atoms with van der Waals surface area (Å²) in [6.07, 6.45) is 1.73. The maximum Gasteiger partial charge on any atom is 0.276 e. The summed E-state index contributed by atoms with van der Waals surface area (Å²) < 4.78 is 7.39. The number of para-hydroxylation sites is 2. The predicted molar refractivity (Wildman–Crippen MR) is 119 cm³/mol. The number of aryl methyl sites for hydroxylation is 1. The third-order valence-electron chi connectivity index (χ3n) is 4.43. The topological polar surface area (TPSA) is 56.1 Å². The second-order valence-electron chi connectivity index (χ2n) is 6.64. The molecule has 0 unspecified atom stereocenters.